The van der Waals surface area contributed by atoms with Crippen LogP contribution in [0.4, 0.5) is 0 Å². The zero-order chi connectivity index (χ0) is 8.72. The summed E-state index contributed by atoms with van der Waals surface area (Å²) in [4.78, 5) is 11.1. The molecule has 0 radical (unpaired) electrons. The van der Waals surface area contributed by atoms with Crippen LogP contribution < -0.4 is 0 Å². The quantitative estimate of drug-likeness (QED) is 0.630. The zero-order valence-corrected chi connectivity index (χ0v) is 7.26. The highest BCUT2D eigenvalue weighted by Crippen LogP contribution is 2.43. The summed E-state index contributed by atoms with van der Waals surface area (Å²) in [5, 5.41) is 3.80. The van der Waals surface area contributed by atoms with Gasteiger partial charge in [-0.25, -0.2) is 0 Å². The van der Waals surface area contributed by atoms with Crippen LogP contribution in [0.25, 0.3) is 0 Å². The van der Waals surface area contributed by atoms with Crippen molar-refractivity contribution in [2.24, 2.45) is 0 Å². The molecule has 0 aliphatic heterocycles. The Morgan fingerprint density at radius 2 is 2.25 bits per heavy atom. The molecule has 0 spiro atoms. The minimum Gasteiger partial charge on any atom is -0.353 e. The first-order valence-corrected chi connectivity index (χ1v) is 4.17. The molecule has 64 valence electrons. The molecule has 0 bridgehead atoms. The fraction of sp³-hybridized carbons (Fsp3) is 0.556. The molecule has 2 rings (SSSR count). The number of hydrogen-bond donors (Lipinski definition) is 0. The van der Waals surface area contributed by atoms with Gasteiger partial charge in [0, 0.05) is 12.5 Å². The molecule has 0 N–H and O–H groups in total. The van der Waals surface area contributed by atoms with E-state index < -0.39 is 0 Å². The molecule has 0 amide bonds. The average Bonchev–Trinajstić information content (AvgIpc) is 2.75. The SMILES string of the molecule is CC(=O)c1onc(C)c1C1CC1. The third-order valence-electron chi connectivity index (χ3n) is 2.21. The minimum atomic E-state index is -0.0162. The van der Waals surface area contributed by atoms with E-state index in [4.69, 9.17) is 4.52 Å². The van der Waals surface area contributed by atoms with Crippen molar-refractivity contribution in [3.8, 4) is 0 Å². The number of hydrogen-bond acceptors (Lipinski definition) is 3. The van der Waals surface area contributed by atoms with E-state index in [2.05, 4.69) is 5.16 Å². The Bertz CT molecular complexity index is 323. The van der Waals surface area contributed by atoms with Crippen molar-refractivity contribution in [3.63, 3.8) is 0 Å². The van der Waals surface area contributed by atoms with E-state index in [9.17, 15) is 4.79 Å². The maximum Gasteiger partial charge on any atom is 0.205 e. The molecule has 1 saturated carbocycles. The summed E-state index contributed by atoms with van der Waals surface area (Å²) < 4.78 is 4.96. The summed E-state index contributed by atoms with van der Waals surface area (Å²) in [6.45, 7) is 3.41. The highest BCUT2D eigenvalue weighted by Gasteiger charge is 2.32. The summed E-state index contributed by atoms with van der Waals surface area (Å²) in [6.07, 6.45) is 2.34. The van der Waals surface area contributed by atoms with Crippen molar-refractivity contribution in [1.29, 1.82) is 0 Å². The first-order chi connectivity index (χ1) is 5.70. The third-order valence-corrected chi connectivity index (χ3v) is 2.21. The van der Waals surface area contributed by atoms with Gasteiger partial charge < -0.3 is 4.52 Å². The molecular formula is C9H11NO2. The van der Waals surface area contributed by atoms with Crippen LogP contribution in [0.2, 0.25) is 0 Å². The number of rotatable bonds is 2. The maximum atomic E-state index is 11.1. The van der Waals surface area contributed by atoms with Crippen LogP contribution in [0.1, 0.15) is 47.5 Å². The topological polar surface area (TPSA) is 43.1 Å². The van der Waals surface area contributed by atoms with Crippen LogP contribution in [-0.2, 0) is 0 Å². The van der Waals surface area contributed by atoms with Gasteiger partial charge in [0.1, 0.15) is 0 Å². The van der Waals surface area contributed by atoms with E-state index in [1.807, 2.05) is 6.92 Å². The van der Waals surface area contributed by atoms with E-state index in [-0.39, 0.29) is 5.78 Å². The normalized spacial score (nSPS) is 16.5. The Kier molecular flexibility index (Phi) is 1.53. The summed E-state index contributed by atoms with van der Waals surface area (Å²) in [5.41, 5.74) is 1.92. The summed E-state index contributed by atoms with van der Waals surface area (Å²) >= 11 is 0. The van der Waals surface area contributed by atoms with Gasteiger partial charge in [0.2, 0.25) is 5.76 Å². The molecule has 1 aromatic heterocycles. The predicted molar refractivity (Wildman–Crippen MR) is 43.2 cm³/mol. The lowest BCUT2D eigenvalue weighted by molar-refractivity contribution is 0.0977. The maximum absolute atomic E-state index is 11.1. The molecule has 3 heteroatoms. The van der Waals surface area contributed by atoms with Gasteiger partial charge in [-0.1, -0.05) is 5.16 Å². The fourth-order valence-electron chi connectivity index (χ4n) is 1.48. The largest absolute Gasteiger partial charge is 0.353 e. The lowest BCUT2D eigenvalue weighted by Gasteiger charge is -1.93. The molecule has 1 aliphatic carbocycles. The number of ketones is 1. The molecule has 12 heavy (non-hydrogen) atoms. The van der Waals surface area contributed by atoms with Gasteiger partial charge in [0.15, 0.2) is 5.78 Å². The van der Waals surface area contributed by atoms with Crippen LogP contribution in [-0.4, -0.2) is 10.9 Å². The molecule has 1 fully saturated rings. The summed E-state index contributed by atoms with van der Waals surface area (Å²) in [7, 11) is 0. The minimum absolute atomic E-state index is 0.0162. The highest BCUT2D eigenvalue weighted by atomic mass is 16.5. The van der Waals surface area contributed by atoms with E-state index >= 15 is 0 Å². The van der Waals surface area contributed by atoms with Gasteiger partial charge in [-0.3, -0.25) is 4.79 Å². The Morgan fingerprint density at radius 1 is 1.58 bits per heavy atom. The molecule has 3 nitrogen and oxygen atoms in total. The van der Waals surface area contributed by atoms with Crippen molar-refractivity contribution in [2.45, 2.75) is 32.6 Å². The Hall–Kier alpha value is -1.12. The number of carbonyl (C=O) groups is 1. The molecule has 1 heterocycles. The van der Waals surface area contributed by atoms with Crippen LogP contribution >= 0.6 is 0 Å². The molecule has 0 unspecified atom stereocenters. The van der Waals surface area contributed by atoms with Gasteiger partial charge >= 0.3 is 0 Å². The van der Waals surface area contributed by atoms with Crippen molar-refractivity contribution in [2.75, 3.05) is 0 Å². The number of aryl methyl sites for hydroxylation is 1. The van der Waals surface area contributed by atoms with Crippen molar-refractivity contribution < 1.29 is 9.32 Å². The molecule has 0 atom stereocenters. The second-order valence-electron chi connectivity index (χ2n) is 3.34. The van der Waals surface area contributed by atoms with Crippen LogP contribution in [0.5, 0.6) is 0 Å². The van der Waals surface area contributed by atoms with E-state index in [1.165, 1.54) is 19.8 Å². The van der Waals surface area contributed by atoms with Gasteiger partial charge in [-0.05, 0) is 25.7 Å². The predicted octanol–water partition coefficient (Wildman–Crippen LogP) is 2.06. The van der Waals surface area contributed by atoms with Crippen LogP contribution in [0.3, 0.4) is 0 Å². The summed E-state index contributed by atoms with van der Waals surface area (Å²) in [5.74, 6) is 0.989. The molecule has 0 saturated heterocycles. The number of carbonyl (C=O) groups excluding carboxylic acids is 1. The van der Waals surface area contributed by atoms with E-state index in [1.54, 1.807) is 0 Å². The second kappa shape index (κ2) is 2.44. The standard InChI is InChI=1S/C9H11NO2/c1-5-8(7-3-4-7)9(6(2)11)12-10-5/h7H,3-4H2,1-2H3. The molecule has 0 aromatic carbocycles. The van der Waals surface area contributed by atoms with Gasteiger partial charge in [0.05, 0.1) is 5.69 Å². The Labute approximate surface area is 70.7 Å². The van der Waals surface area contributed by atoms with E-state index in [0.29, 0.717) is 11.7 Å². The molecular weight excluding hydrogens is 154 g/mol. The summed E-state index contributed by atoms with van der Waals surface area (Å²) in [6, 6.07) is 0. The fourth-order valence-corrected chi connectivity index (χ4v) is 1.48. The second-order valence-corrected chi connectivity index (χ2v) is 3.34. The van der Waals surface area contributed by atoms with Gasteiger partial charge in [-0.2, -0.15) is 0 Å². The Morgan fingerprint density at radius 3 is 2.75 bits per heavy atom. The van der Waals surface area contributed by atoms with Crippen molar-refractivity contribution in [1.82, 2.24) is 5.16 Å². The smallest absolute Gasteiger partial charge is 0.205 e. The van der Waals surface area contributed by atoms with Crippen LogP contribution in [0.15, 0.2) is 4.52 Å². The number of Topliss-reactive ketones (excluding diaryl/α,β-unsaturated/α-hetero) is 1. The van der Waals surface area contributed by atoms with Gasteiger partial charge in [0.25, 0.3) is 0 Å². The lowest BCUT2D eigenvalue weighted by atomic mass is 10.1. The zero-order valence-electron chi connectivity index (χ0n) is 7.26. The first-order valence-electron chi connectivity index (χ1n) is 4.17. The lowest BCUT2D eigenvalue weighted by Crippen LogP contribution is -1.94. The van der Waals surface area contributed by atoms with Crippen LogP contribution in [0, 0.1) is 6.92 Å². The third kappa shape index (κ3) is 1.05. The number of nitrogens with zero attached hydrogens (tertiary/aromatic N) is 1. The Balaban J connectivity index is 2.46. The average molecular weight is 165 g/mol. The first kappa shape index (κ1) is 7.53. The monoisotopic (exact) mass is 165 g/mol. The van der Waals surface area contributed by atoms with Crippen molar-refractivity contribution >= 4 is 5.78 Å². The molecule has 1 aromatic rings. The van der Waals surface area contributed by atoms with E-state index in [0.717, 1.165) is 11.3 Å². The van der Waals surface area contributed by atoms with Crippen molar-refractivity contribution in [3.05, 3.63) is 17.0 Å². The highest BCUT2D eigenvalue weighted by molar-refractivity contribution is 5.93. The van der Waals surface area contributed by atoms with Gasteiger partial charge in [-0.15, -0.1) is 0 Å². The molecule has 1 aliphatic rings. The number of aromatic nitrogens is 1.